The molecule has 3 aliphatic heterocycles. The van der Waals surface area contributed by atoms with Gasteiger partial charge in [-0.05, 0) is 66.4 Å². The highest BCUT2D eigenvalue weighted by atomic mass is 19.1. The zero-order chi connectivity index (χ0) is 34.5. The van der Waals surface area contributed by atoms with Crippen LogP contribution >= 0.6 is 0 Å². The topological polar surface area (TPSA) is 149 Å². The summed E-state index contributed by atoms with van der Waals surface area (Å²) in [5.74, 6) is -0.616. The van der Waals surface area contributed by atoms with Gasteiger partial charge in [-0.15, -0.1) is 0 Å². The predicted octanol–water partition coefficient (Wildman–Crippen LogP) is 4.55. The molecular weight excluding hydrogens is 646 g/mol. The fraction of sp³-hybridized carbons (Fsp3) is 0.278. The van der Waals surface area contributed by atoms with E-state index in [0.29, 0.717) is 52.3 Å². The molecule has 14 heteroatoms. The normalized spacial score (nSPS) is 21.0. The number of hydrogen-bond acceptors (Lipinski definition) is 9. The Hall–Kier alpha value is -5.76. The molecule has 3 atom stereocenters. The van der Waals surface area contributed by atoms with E-state index in [0.717, 1.165) is 5.56 Å². The van der Waals surface area contributed by atoms with E-state index in [2.05, 4.69) is 15.3 Å². The average Bonchev–Trinajstić information content (AvgIpc) is 3.64. The van der Waals surface area contributed by atoms with Crippen LogP contribution in [0.25, 0.3) is 22.3 Å². The molecule has 0 saturated carbocycles. The van der Waals surface area contributed by atoms with Gasteiger partial charge in [0, 0.05) is 38.2 Å². The number of carbonyl (C=O) groups is 3. The van der Waals surface area contributed by atoms with E-state index in [1.165, 1.54) is 17.3 Å². The Bertz CT molecular complexity index is 2140. The number of fused-ring (bicyclic) bond motifs is 2. The number of nitrogens with one attached hydrogen (secondary N) is 1. The van der Waals surface area contributed by atoms with Crippen molar-refractivity contribution in [3.05, 3.63) is 95.6 Å². The summed E-state index contributed by atoms with van der Waals surface area (Å²) in [6.45, 7) is 0.879. The highest BCUT2D eigenvalue weighted by molar-refractivity contribution is 6.05. The second kappa shape index (κ2) is 12.6. The third-order valence-electron chi connectivity index (χ3n) is 9.57. The smallest absolute Gasteiger partial charge is 0.258 e. The second-order valence-corrected chi connectivity index (χ2v) is 12.8. The first-order valence-corrected chi connectivity index (χ1v) is 16.4. The van der Waals surface area contributed by atoms with Crippen LogP contribution in [0.1, 0.15) is 46.8 Å². The van der Waals surface area contributed by atoms with E-state index in [9.17, 15) is 14.4 Å². The number of halogens is 2. The fourth-order valence-corrected chi connectivity index (χ4v) is 7.18. The van der Waals surface area contributed by atoms with Crippen LogP contribution in [0.3, 0.4) is 0 Å². The molecule has 3 aromatic carbocycles. The first kappa shape index (κ1) is 31.5. The number of anilines is 1. The van der Waals surface area contributed by atoms with Crippen LogP contribution in [-0.4, -0.2) is 72.6 Å². The molecule has 3 N–H and O–H groups in total. The second-order valence-electron chi connectivity index (χ2n) is 12.8. The molecule has 2 aromatic heterocycles. The third-order valence-corrected chi connectivity index (χ3v) is 9.57. The van der Waals surface area contributed by atoms with Crippen molar-refractivity contribution in [3.63, 3.8) is 0 Å². The highest BCUT2D eigenvalue weighted by Gasteiger charge is 2.41. The predicted molar refractivity (Wildman–Crippen MR) is 178 cm³/mol. The summed E-state index contributed by atoms with van der Waals surface area (Å²) in [6.07, 6.45) is 0.709. The fourth-order valence-electron chi connectivity index (χ4n) is 7.18. The van der Waals surface area contributed by atoms with E-state index in [1.807, 2.05) is 59.5 Å². The van der Waals surface area contributed by atoms with Crippen molar-refractivity contribution in [1.29, 1.82) is 0 Å². The Morgan fingerprint density at radius 2 is 1.76 bits per heavy atom. The van der Waals surface area contributed by atoms with Crippen molar-refractivity contribution in [2.75, 3.05) is 18.8 Å². The lowest BCUT2D eigenvalue weighted by Gasteiger charge is -2.35. The van der Waals surface area contributed by atoms with Gasteiger partial charge in [0.1, 0.15) is 47.4 Å². The number of aromatic nitrogens is 4. The lowest BCUT2D eigenvalue weighted by Crippen LogP contribution is -2.52. The summed E-state index contributed by atoms with van der Waals surface area (Å²) in [5.41, 5.74) is 9.03. The van der Waals surface area contributed by atoms with Gasteiger partial charge in [0.15, 0.2) is 5.65 Å². The Labute approximate surface area is 284 Å². The van der Waals surface area contributed by atoms with Crippen LogP contribution in [0.4, 0.5) is 14.6 Å². The van der Waals surface area contributed by atoms with Crippen molar-refractivity contribution < 1.29 is 27.9 Å². The number of piperidine rings is 2. The van der Waals surface area contributed by atoms with Gasteiger partial charge in [0.2, 0.25) is 11.8 Å². The van der Waals surface area contributed by atoms with Crippen LogP contribution in [0, 0.1) is 5.82 Å². The number of nitrogens with two attached hydrogens (primary N) is 1. The number of carbonyl (C=O) groups excluding carboxylic acids is 3. The zero-order valence-electron chi connectivity index (χ0n) is 26.8. The molecule has 0 aliphatic carbocycles. The lowest BCUT2D eigenvalue weighted by atomic mass is 10.0. The summed E-state index contributed by atoms with van der Waals surface area (Å²) in [5, 5.41) is 7.62. The highest BCUT2D eigenvalue weighted by Crippen LogP contribution is 2.37. The summed E-state index contributed by atoms with van der Waals surface area (Å²) in [7, 11) is 0. The summed E-state index contributed by atoms with van der Waals surface area (Å²) in [4.78, 5) is 48.9. The van der Waals surface area contributed by atoms with Crippen LogP contribution < -0.4 is 15.8 Å². The van der Waals surface area contributed by atoms with Gasteiger partial charge in [-0.2, -0.15) is 5.10 Å². The SMILES string of the molecule is Nc1ncnc2c1c(-c1ccc(Oc3ccccc3)cc1)nn2[C@@H]1CCN(Cc2cc(F)c3c(c2)CN(C2CCC(=O)NC2=O)C3=O)C[C@H]1F. The molecule has 50 heavy (non-hydrogen) atoms. The Morgan fingerprint density at radius 3 is 2.52 bits per heavy atom. The minimum atomic E-state index is -1.33. The van der Waals surface area contributed by atoms with Gasteiger partial charge < -0.3 is 15.4 Å². The number of amides is 3. The van der Waals surface area contributed by atoms with E-state index in [-0.39, 0.29) is 43.9 Å². The zero-order valence-corrected chi connectivity index (χ0v) is 26.8. The van der Waals surface area contributed by atoms with Crippen molar-refractivity contribution in [3.8, 4) is 22.8 Å². The number of likely N-dealkylation sites (tertiary alicyclic amines) is 1. The number of nitrogen functional groups attached to an aromatic ring is 1. The number of para-hydroxylation sites is 1. The van der Waals surface area contributed by atoms with Crippen LogP contribution in [0.15, 0.2) is 73.1 Å². The van der Waals surface area contributed by atoms with Gasteiger partial charge in [-0.1, -0.05) is 24.3 Å². The molecule has 5 heterocycles. The summed E-state index contributed by atoms with van der Waals surface area (Å²) in [6, 6.07) is 18.4. The van der Waals surface area contributed by atoms with Crippen LogP contribution in [0.5, 0.6) is 11.5 Å². The standard InChI is InChI=1S/C36H32F2N8O4/c37-25-15-20(14-22-17-45(36(49)30(22)25)28-10-11-29(47)42-35(28)48)16-44-13-12-27(26(38)18-44)46-34-31(33(39)40-19-41-34)32(43-46)21-6-8-24(9-7-21)50-23-4-2-1-3-5-23/h1-9,14-15,19,26-28H,10-13,16-18H2,(H2,39,40,41)(H,42,47,48)/t26-,27-,28?/m1/s1. The molecule has 1 unspecified atom stereocenters. The van der Waals surface area contributed by atoms with Gasteiger partial charge in [0.25, 0.3) is 5.91 Å². The van der Waals surface area contributed by atoms with Gasteiger partial charge >= 0.3 is 0 Å². The largest absolute Gasteiger partial charge is 0.457 e. The molecule has 2 saturated heterocycles. The van der Waals surface area contributed by atoms with Gasteiger partial charge in [-0.25, -0.2) is 23.4 Å². The monoisotopic (exact) mass is 678 g/mol. The van der Waals surface area contributed by atoms with E-state index in [1.54, 1.807) is 10.7 Å². The number of rotatable bonds is 7. The Morgan fingerprint density at radius 1 is 0.980 bits per heavy atom. The lowest BCUT2D eigenvalue weighted by molar-refractivity contribution is -0.136. The molecular formula is C36H32F2N8O4. The number of benzene rings is 3. The van der Waals surface area contributed by atoms with Crippen molar-refractivity contribution in [2.45, 2.75) is 50.6 Å². The van der Waals surface area contributed by atoms with Crippen LogP contribution in [-0.2, 0) is 22.7 Å². The molecule has 254 valence electrons. The number of ether oxygens (including phenoxy) is 1. The maximum atomic E-state index is 16.1. The molecule has 5 aromatic rings. The molecule has 12 nitrogen and oxygen atoms in total. The molecule has 2 fully saturated rings. The molecule has 3 amide bonds. The number of nitrogens with zero attached hydrogens (tertiary/aromatic N) is 6. The molecule has 3 aliphatic rings. The van der Waals surface area contributed by atoms with Gasteiger partial charge in [0.05, 0.1) is 17.0 Å². The van der Waals surface area contributed by atoms with Crippen molar-refractivity contribution >= 4 is 34.6 Å². The molecule has 0 radical (unpaired) electrons. The average molecular weight is 679 g/mol. The third kappa shape index (κ3) is 5.70. The molecule has 0 bridgehead atoms. The number of hydrogen-bond donors (Lipinski definition) is 2. The van der Waals surface area contributed by atoms with Gasteiger partial charge in [-0.3, -0.25) is 24.6 Å². The van der Waals surface area contributed by atoms with E-state index < -0.39 is 41.8 Å². The first-order chi connectivity index (χ1) is 24.2. The molecule has 0 spiro atoms. The Balaban J connectivity index is 0.985. The number of imide groups is 1. The number of alkyl halides is 1. The van der Waals surface area contributed by atoms with E-state index >= 15 is 8.78 Å². The van der Waals surface area contributed by atoms with Crippen molar-refractivity contribution in [1.82, 2.24) is 34.9 Å². The maximum Gasteiger partial charge on any atom is 0.258 e. The van der Waals surface area contributed by atoms with Crippen LogP contribution in [0.2, 0.25) is 0 Å². The summed E-state index contributed by atoms with van der Waals surface area (Å²) < 4.78 is 38.9. The Kier molecular flexibility index (Phi) is 7.94. The van der Waals surface area contributed by atoms with Crippen molar-refractivity contribution in [2.24, 2.45) is 0 Å². The molecule has 8 rings (SSSR count). The quantitative estimate of drug-likeness (QED) is 0.237. The van der Waals surface area contributed by atoms with E-state index in [4.69, 9.17) is 15.6 Å². The minimum Gasteiger partial charge on any atom is -0.457 e. The minimum absolute atomic E-state index is 0.0570. The maximum absolute atomic E-state index is 16.1. The summed E-state index contributed by atoms with van der Waals surface area (Å²) >= 11 is 0. The first-order valence-electron chi connectivity index (χ1n) is 16.4.